The van der Waals surface area contributed by atoms with Crippen LogP contribution in [0.5, 0.6) is 0 Å². The third kappa shape index (κ3) is 6.57. The van der Waals surface area contributed by atoms with Gasteiger partial charge >= 0.3 is 0 Å². The third-order valence-electron chi connectivity index (χ3n) is 6.69. The molecule has 2 aromatic rings. The number of benzene rings is 2. The topological polar surface area (TPSA) is 67.8 Å². The van der Waals surface area contributed by atoms with E-state index >= 15 is 0 Å². The van der Waals surface area contributed by atoms with Gasteiger partial charge in [0, 0.05) is 6.54 Å². The molecule has 36 heavy (non-hydrogen) atoms. The number of halogens is 3. The molecule has 0 bridgehead atoms. The molecule has 2 saturated heterocycles. The zero-order valence-electron chi connectivity index (χ0n) is 21.5. The molecule has 9 heteroatoms. The fraction of sp³-hybridized carbons (Fsp3) is 0.519. The summed E-state index contributed by atoms with van der Waals surface area (Å²) in [4.78, 5) is 16.7. The first-order valence-corrected chi connectivity index (χ1v) is 12.6. The van der Waals surface area contributed by atoms with Gasteiger partial charge in [-0.25, -0.2) is 13.2 Å². The molecule has 2 aliphatic heterocycles. The molecule has 6 nitrogen and oxygen atoms in total. The Morgan fingerprint density at radius 1 is 1.08 bits per heavy atom. The van der Waals surface area contributed by atoms with Gasteiger partial charge in [0.1, 0.15) is 11.4 Å². The summed E-state index contributed by atoms with van der Waals surface area (Å²) in [5.41, 5.74) is -1.02. The van der Waals surface area contributed by atoms with Crippen molar-refractivity contribution in [1.29, 1.82) is 0 Å². The van der Waals surface area contributed by atoms with Crippen LogP contribution < -0.4 is 10.6 Å². The van der Waals surface area contributed by atoms with E-state index in [9.17, 15) is 23.1 Å². The smallest absolute Gasteiger partial charge is 0.256 e. The highest BCUT2D eigenvalue weighted by Crippen LogP contribution is 2.31. The first-order chi connectivity index (χ1) is 17.1. The summed E-state index contributed by atoms with van der Waals surface area (Å²) >= 11 is 0. The summed E-state index contributed by atoms with van der Waals surface area (Å²) < 4.78 is 42.9. The maximum Gasteiger partial charge on any atom is 0.256 e. The Morgan fingerprint density at radius 3 is 2.39 bits per heavy atom. The van der Waals surface area contributed by atoms with E-state index < -0.39 is 34.6 Å². The van der Waals surface area contributed by atoms with E-state index in [2.05, 4.69) is 22.6 Å². The van der Waals surface area contributed by atoms with E-state index in [1.54, 1.807) is 13.0 Å². The first-order valence-electron chi connectivity index (χ1n) is 12.6. The van der Waals surface area contributed by atoms with Crippen molar-refractivity contribution < 1.29 is 23.1 Å². The van der Waals surface area contributed by atoms with Crippen LogP contribution in [0, 0.1) is 30.3 Å². The molecule has 2 heterocycles. The van der Waals surface area contributed by atoms with Gasteiger partial charge in [0.2, 0.25) is 0 Å². The Hall–Kier alpha value is -2.62. The second kappa shape index (κ2) is 12.1. The Balaban J connectivity index is 0.00000176. The van der Waals surface area contributed by atoms with E-state index in [1.165, 1.54) is 23.1 Å². The molecule has 198 valence electrons. The van der Waals surface area contributed by atoms with Gasteiger partial charge in [-0.1, -0.05) is 19.9 Å². The number of likely N-dealkylation sites (tertiary alicyclic amines) is 2. The van der Waals surface area contributed by atoms with Crippen LogP contribution >= 0.6 is 0 Å². The van der Waals surface area contributed by atoms with Crippen LogP contribution in [0.25, 0.3) is 0 Å². The molecule has 0 saturated carbocycles. The summed E-state index contributed by atoms with van der Waals surface area (Å²) in [6.45, 7) is 9.14. The minimum Gasteiger partial charge on any atom is -0.385 e. The Bertz CT molecular complexity index is 1050. The molecule has 1 amide bonds. The number of nitrogens with zero attached hydrogens (tertiary/aromatic N) is 2. The fourth-order valence-electron chi connectivity index (χ4n) is 4.57. The van der Waals surface area contributed by atoms with Gasteiger partial charge in [0.05, 0.1) is 30.0 Å². The highest BCUT2D eigenvalue weighted by Gasteiger charge is 2.44. The molecule has 0 atom stereocenters. The molecule has 3 N–H and O–H groups in total. The normalized spacial score (nSPS) is 17.7. The number of hydrogen-bond donors (Lipinski definition) is 3. The molecule has 4 rings (SSSR count). The zero-order valence-corrected chi connectivity index (χ0v) is 21.5. The SMILES string of the molecule is CC.Cc1ccc(Nc2c(C(=O)N3CC(O)(CNCC4CCN(C)CC4)C3)ccc(F)c2F)c(F)c1. The Kier molecular flexibility index (Phi) is 9.38. The molecule has 0 aromatic heterocycles. The number of anilines is 2. The maximum absolute atomic E-state index is 14.6. The van der Waals surface area contributed by atoms with Crippen molar-refractivity contribution in [2.45, 2.75) is 39.2 Å². The molecular weight excluding hydrogens is 469 g/mol. The summed E-state index contributed by atoms with van der Waals surface area (Å²) in [6.07, 6.45) is 2.22. The van der Waals surface area contributed by atoms with Crippen LogP contribution in [-0.4, -0.2) is 72.7 Å². The standard InChI is InChI=1S/C25H31F3N4O2.C2H6/c1-16-3-6-21(20(27)11-16)30-23-18(4-5-19(26)22(23)28)24(33)32-14-25(34,15-32)13-29-12-17-7-9-31(2)10-8-17;1-2/h3-6,11,17,29-30,34H,7-10,12-15H2,1-2H3;1-2H3. The first kappa shape index (κ1) is 28.0. The fourth-order valence-corrected chi connectivity index (χ4v) is 4.57. The minimum absolute atomic E-state index is 0.0672. The maximum atomic E-state index is 14.6. The number of carbonyl (C=O) groups is 1. The molecule has 0 unspecified atom stereocenters. The lowest BCUT2D eigenvalue weighted by Gasteiger charge is -2.47. The number of amides is 1. The molecule has 0 aliphatic carbocycles. The van der Waals surface area contributed by atoms with E-state index in [-0.39, 0.29) is 24.3 Å². The third-order valence-corrected chi connectivity index (χ3v) is 6.69. The van der Waals surface area contributed by atoms with Crippen LogP contribution in [-0.2, 0) is 0 Å². The predicted molar refractivity (Wildman–Crippen MR) is 136 cm³/mol. The van der Waals surface area contributed by atoms with E-state index in [0.29, 0.717) is 18.0 Å². The molecule has 0 spiro atoms. The summed E-state index contributed by atoms with van der Waals surface area (Å²) in [6, 6.07) is 6.33. The highest BCUT2D eigenvalue weighted by molar-refractivity contribution is 6.01. The predicted octanol–water partition coefficient (Wildman–Crippen LogP) is 4.30. The summed E-state index contributed by atoms with van der Waals surface area (Å²) in [7, 11) is 2.11. The van der Waals surface area contributed by atoms with Gasteiger partial charge in [-0.15, -0.1) is 0 Å². The van der Waals surface area contributed by atoms with E-state index in [1.807, 2.05) is 13.8 Å². The molecule has 2 fully saturated rings. The van der Waals surface area contributed by atoms with E-state index in [0.717, 1.165) is 38.5 Å². The van der Waals surface area contributed by atoms with Crippen molar-refractivity contribution in [3.05, 3.63) is 58.9 Å². The second-order valence-electron chi connectivity index (χ2n) is 9.66. The highest BCUT2D eigenvalue weighted by atomic mass is 19.2. The number of nitrogens with one attached hydrogen (secondary N) is 2. The summed E-state index contributed by atoms with van der Waals surface area (Å²) in [5, 5.41) is 16.6. The van der Waals surface area contributed by atoms with Crippen LogP contribution in [0.3, 0.4) is 0 Å². The second-order valence-corrected chi connectivity index (χ2v) is 9.66. The molecule has 2 aromatic carbocycles. The van der Waals surface area contributed by atoms with Crippen molar-refractivity contribution in [2.24, 2.45) is 5.92 Å². The van der Waals surface area contributed by atoms with Crippen LogP contribution in [0.15, 0.2) is 30.3 Å². The molecule has 2 aliphatic rings. The summed E-state index contributed by atoms with van der Waals surface area (Å²) in [5.74, 6) is -3.05. The van der Waals surface area contributed by atoms with Crippen molar-refractivity contribution in [2.75, 3.05) is 51.6 Å². The van der Waals surface area contributed by atoms with Gasteiger partial charge in [-0.2, -0.15) is 0 Å². The minimum atomic E-state index is -1.26. The van der Waals surface area contributed by atoms with Crippen LogP contribution in [0.2, 0.25) is 0 Å². The van der Waals surface area contributed by atoms with Crippen molar-refractivity contribution in [1.82, 2.24) is 15.1 Å². The van der Waals surface area contributed by atoms with Crippen molar-refractivity contribution >= 4 is 17.3 Å². The van der Waals surface area contributed by atoms with Gasteiger partial charge in [-0.3, -0.25) is 4.79 Å². The van der Waals surface area contributed by atoms with Crippen LogP contribution in [0.1, 0.15) is 42.6 Å². The Labute approximate surface area is 211 Å². The number of carbonyl (C=O) groups excluding carboxylic acids is 1. The lowest BCUT2D eigenvalue weighted by atomic mass is 9.92. The average Bonchev–Trinajstić information content (AvgIpc) is 2.84. The van der Waals surface area contributed by atoms with Gasteiger partial charge < -0.3 is 25.5 Å². The zero-order chi connectivity index (χ0) is 26.5. The van der Waals surface area contributed by atoms with Gasteiger partial charge in [-0.05, 0) is 82.2 Å². The number of piperidine rings is 1. The Morgan fingerprint density at radius 2 is 1.75 bits per heavy atom. The van der Waals surface area contributed by atoms with Crippen molar-refractivity contribution in [3.8, 4) is 0 Å². The number of rotatable bonds is 7. The van der Waals surface area contributed by atoms with Gasteiger partial charge in [0.25, 0.3) is 5.91 Å². The van der Waals surface area contributed by atoms with Crippen LogP contribution in [0.4, 0.5) is 24.5 Å². The lowest BCUT2D eigenvalue weighted by molar-refractivity contribution is -0.0789. The quantitative estimate of drug-likeness (QED) is 0.523. The lowest BCUT2D eigenvalue weighted by Crippen LogP contribution is -2.67. The number of β-amino-alcohol motifs (C(OH)–C–C–N with tert-alkyl or cyclic N) is 1. The monoisotopic (exact) mass is 506 g/mol. The molecule has 0 radical (unpaired) electrons. The van der Waals surface area contributed by atoms with Crippen molar-refractivity contribution in [3.63, 3.8) is 0 Å². The average molecular weight is 507 g/mol. The molecular formula is C27H37F3N4O2. The van der Waals surface area contributed by atoms with E-state index in [4.69, 9.17) is 0 Å². The number of aryl methyl sites for hydroxylation is 1. The largest absolute Gasteiger partial charge is 0.385 e. The number of hydrogen-bond acceptors (Lipinski definition) is 5. The number of aliphatic hydroxyl groups is 1. The van der Waals surface area contributed by atoms with Gasteiger partial charge in [0.15, 0.2) is 11.6 Å².